The Labute approximate surface area is 96.8 Å². The molecule has 16 heavy (non-hydrogen) atoms. The van der Waals surface area contributed by atoms with Gasteiger partial charge in [-0.05, 0) is 26.4 Å². The second-order valence-electron chi connectivity index (χ2n) is 4.20. The summed E-state index contributed by atoms with van der Waals surface area (Å²) in [6.07, 6.45) is 2.90. The lowest BCUT2D eigenvalue weighted by Crippen LogP contribution is -2.37. The Kier molecular flexibility index (Phi) is 3.90. The van der Waals surface area contributed by atoms with E-state index in [4.69, 9.17) is 0 Å². The molecule has 1 aliphatic rings. The molecule has 1 aromatic heterocycles. The van der Waals surface area contributed by atoms with Crippen LogP contribution < -0.4 is 5.32 Å². The molecule has 0 aliphatic carbocycles. The van der Waals surface area contributed by atoms with Crippen LogP contribution in [-0.2, 0) is 13.1 Å². The van der Waals surface area contributed by atoms with E-state index in [2.05, 4.69) is 34.1 Å². The standard InChI is InChI=1S/C11H21N5/c1-3-15(10-5-6-12-7-10)8-11-13-9-14-16(11)4-2/h9-10,12H,3-8H2,1-2H3. The van der Waals surface area contributed by atoms with Gasteiger partial charge in [-0.15, -0.1) is 0 Å². The number of rotatable bonds is 5. The van der Waals surface area contributed by atoms with Crippen LogP contribution in [-0.4, -0.2) is 45.3 Å². The smallest absolute Gasteiger partial charge is 0.141 e. The Hall–Kier alpha value is -0.940. The first-order chi connectivity index (χ1) is 7.85. The minimum absolute atomic E-state index is 0.659. The second kappa shape index (κ2) is 5.41. The summed E-state index contributed by atoms with van der Waals surface area (Å²) in [6, 6.07) is 0.659. The third-order valence-electron chi connectivity index (χ3n) is 3.30. The minimum atomic E-state index is 0.659. The maximum absolute atomic E-state index is 4.34. The lowest BCUT2D eigenvalue weighted by Gasteiger charge is -2.26. The molecule has 2 rings (SSSR count). The Morgan fingerprint density at radius 3 is 3.06 bits per heavy atom. The summed E-state index contributed by atoms with van der Waals surface area (Å²) in [6.45, 7) is 9.45. The topological polar surface area (TPSA) is 46.0 Å². The summed E-state index contributed by atoms with van der Waals surface area (Å²) in [5, 5.41) is 7.62. The number of hydrogen-bond acceptors (Lipinski definition) is 4. The molecule has 1 N–H and O–H groups in total. The zero-order valence-corrected chi connectivity index (χ0v) is 10.2. The summed E-state index contributed by atoms with van der Waals surface area (Å²) in [7, 11) is 0. The molecular formula is C11H21N5. The fourth-order valence-electron chi connectivity index (χ4n) is 2.31. The van der Waals surface area contributed by atoms with E-state index in [0.717, 1.165) is 38.5 Å². The first kappa shape index (κ1) is 11.5. The van der Waals surface area contributed by atoms with Gasteiger partial charge in [0.25, 0.3) is 0 Å². The molecule has 2 heterocycles. The Balaban J connectivity index is 2.00. The molecule has 1 saturated heterocycles. The first-order valence-corrected chi connectivity index (χ1v) is 6.16. The molecule has 0 spiro atoms. The van der Waals surface area contributed by atoms with Gasteiger partial charge in [-0.1, -0.05) is 6.92 Å². The summed E-state index contributed by atoms with van der Waals surface area (Å²) in [4.78, 5) is 6.82. The molecule has 0 aromatic carbocycles. The summed E-state index contributed by atoms with van der Waals surface area (Å²) < 4.78 is 1.98. The van der Waals surface area contributed by atoms with E-state index < -0.39 is 0 Å². The van der Waals surface area contributed by atoms with Gasteiger partial charge in [0, 0.05) is 19.1 Å². The molecule has 0 radical (unpaired) electrons. The molecule has 0 saturated carbocycles. The van der Waals surface area contributed by atoms with Gasteiger partial charge < -0.3 is 5.32 Å². The van der Waals surface area contributed by atoms with Crippen LogP contribution in [0.25, 0.3) is 0 Å². The molecule has 1 fully saturated rings. The molecule has 0 amide bonds. The molecule has 1 atom stereocenters. The predicted octanol–water partition coefficient (Wildman–Crippen LogP) is 0.482. The van der Waals surface area contributed by atoms with Gasteiger partial charge in [0.1, 0.15) is 12.2 Å². The van der Waals surface area contributed by atoms with E-state index in [1.54, 1.807) is 6.33 Å². The third-order valence-corrected chi connectivity index (χ3v) is 3.30. The zero-order valence-electron chi connectivity index (χ0n) is 10.2. The molecule has 0 bridgehead atoms. The monoisotopic (exact) mass is 223 g/mol. The SMILES string of the molecule is CCN(Cc1ncnn1CC)C1CCNC1. The quantitative estimate of drug-likeness (QED) is 0.789. The van der Waals surface area contributed by atoms with Crippen molar-refractivity contribution in [3.8, 4) is 0 Å². The number of nitrogens with zero attached hydrogens (tertiary/aromatic N) is 4. The molecule has 1 unspecified atom stereocenters. The highest BCUT2D eigenvalue weighted by Crippen LogP contribution is 2.11. The number of aryl methyl sites for hydroxylation is 1. The number of likely N-dealkylation sites (N-methyl/N-ethyl adjacent to an activating group) is 1. The van der Waals surface area contributed by atoms with Gasteiger partial charge in [-0.25, -0.2) is 9.67 Å². The fraction of sp³-hybridized carbons (Fsp3) is 0.818. The lowest BCUT2D eigenvalue weighted by molar-refractivity contribution is 0.201. The molecule has 1 aliphatic heterocycles. The Morgan fingerprint density at radius 2 is 2.44 bits per heavy atom. The summed E-state index contributed by atoms with van der Waals surface area (Å²) >= 11 is 0. The van der Waals surface area contributed by atoms with E-state index in [1.807, 2.05) is 4.68 Å². The van der Waals surface area contributed by atoms with Crippen molar-refractivity contribution in [1.82, 2.24) is 25.0 Å². The zero-order chi connectivity index (χ0) is 11.4. The van der Waals surface area contributed by atoms with Gasteiger partial charge in [0.2, 0.25) is 0 Å². The van der Waals surface area contributed by atoms with E-state index in [9.17, 15) is 0 Å². The van der Waals surface area contributed by atoms with Crippen LogP contribution >= 0.6 is 0 Å². The second-order valence-corrected chi connectivity index (χ2v) is 4.20. The largest absolute Gasteiger partial charge is 0.315 e. The van der Waals surface area contributed by atoms with E-state index in [0.29, 0.717) is 6.04 Å². The van der Waals surface area contributed by atoms with Gasteiger partial charge in [-0.3, -0.25) is 4.90 Å². The van der Waals surface area contributed by atoms with Crippen molar-refractivity contribution in [2.45, 2.75) is 39.4 Å². The van der Waals surface area contributed by atoms with E-state index in [-0.39, 0.29) is 0 Å². The third kappa shape index (κ3) is 2.41. The molecule has 1 aromatic rings. The molecular weight excluding hydrogens is 202 g/mol. The van der Waals surface area contributed by atoms with Gasteiger partial charge in [0.05, 0.1) is 6.54 Å². The van der Waals surface area contributed by atoms with Crippen LogP contribution in [0.2, 0.25) is 0 Å². The highest BCUT2D eigenvalue weighted by molar-refractivity contribution is 4.88. The van der Waals surface area contributed by atoms with Crippen LogP contribution in [0.15, 0.2) is 6.33 Å². The number of nitrogens with one attached hydrogen (secondary N) is 1. The van der Waals surface area contributed by atoms with E-state index in [1.165, 1.54) is 6.42 Å². The first-order valence-electron chi connectivity index (χ1n) is 6.16. The van der Waals surface area contributed by atoms with Crippen molar-refractivity contribution >= 4 is 0 Å². The number of hydrogen-bond donors (Lipinski definition) is 1. The average molecular weight is 223 g/mol. The van der Waals surface area contributed by atoms with Crippen LogP contribution in [0.5, 0.6) is 0 Å². The van der Waals surface area contributed by atoms with Crippen LogP contribution in [0.3, 0.4) is 0 Å². The maximum atomic E-state index is 4.34. The summed E-state index contributed by atoms with van der Waals surface area (Å²) in [5.41, 5.74) is 0. The Morgan fingerprint density at radius 1 is 1.56 bits per heavy atom. The summed E-state index contributed by atoms with van der Waals surface area (Å²) in [5.74, 6) is 1.08. The minimum Gasteiger partial charge on any atom is -0.315 e. The van der Waals surface area contributed by atoms with Crippen molar-refractivity contribution in [2.24, 2.45) is 0 Å². The van der Waals surface area contributed by atoms with Crippen LogP contribution in [0, 0.1) is 0 Å². The molecule has 5 nitrogen and oxygen atoms in total. The van der Waals surface area contributed by atoms with Gasteiger partial charge >= 0.3 is 0 Å². The van der Waals surface area contributed by atoms with E-state index >= 15 is 0 Å². The van der Waals surface area contributed by atoms with Crippen LogP contribution in [0.4, 0.5) is 0 Å². The number of aromatic nitrogens is 3. The van der Waals surface area contributed by atoms with Gasteiger partial charge in [0.15, 0.2) is 0 Å². The normalized spacial score (nSPS) is 20.8. The van der Waals surface area contributed by atoms with Crippen molar-refractivity contribution in [3.05, 3.63) is 12.2 Å². The molecule has 90 valence electrons. The lowest BCUT2D eigenvalue weighted by atomic mass is 10.2. The van der Waals surface area contributed by atoms with Crippen molar-refractivity contribution in [2.75, 3.05) is 19.6 Å². The fourth-order valence-corrected chi connectivity index (χ4v) is 2.31. The highest BCUT2D eigenvalue weighted by Gasteiger charge is 2.22. The maximum Gasteiger partial charge on any atom is 0.141 e. The van der Waals surface area contributed by atoms with Crippen molar-refractivity contribution in [1.29, 1.82) is 0 Å². The van der Waals surface area contributed by atoms with Crippen molar-refractivity contribution in [3.63, 3.8) is 0 Å². The predicted molar refractivity (Wildman–Crippen MR) is 63.1 cm³/mol. The average Bonchev–Trinajstić information content (AvgIpc) is 2.96. The van der Waals surface area contributed by atoms with Crippen LogP contribution in [0.1, 0.15) is 26.1 Å². The van der Waals surface area contributed by atoms with Gasteiger partial charge in [-0.2, -0.15) is 5.10 Å². The highest BCUT2D eigenvalue weighted by atomic mass is 15.3. The molecule has 5 heteroatoms. The van der Waals surface area contributed by atoms with Crippen molar-refractivity contribution < 1.29 is 0 Å². The Bertz CT molecular complexity index is 316.